The van der Waals surface area contributed by atoms with Crippen molar-refractivity contribution in [2.75, 3.05) is 11.9 Å². The summed E-state index contributed by atoms with van der Waals surface area (Å²) in [5.74, 6) is -0.347. The third-order valence-electron chi connectivity index (χ3n) is 2.51. The molecule has 0 amide bonds. The Morgan fingerprint density at radius 1 is 1.28 bits per heavy atom. The summed E-state index contributed by atoms with van der Waals surface area (Å²) in [5, 5.41) is 2.97. The molecule has 0 aliphatic carbocycles. The van der Waals surface area contributed by atoms with E-state index >= 15 is 0 Å². The van der Waals surface area contributed by atoms with E-state index in [-0.39, 0.29) is 5.75 Å². The molecule has 1 aromatic carbocycles. The molecule has 0 bridgehead atoms. The van der Waals surface area contributed by atoms with Gasteiger partial charge in [0.2, 0.25) is 0 Å². The molecule has 0 unspecified atom stereocenters. The van der Waals surface area contributed by atoms with Crippen molar-refractivity contribution in [2.24, 2.45) is 0 Å². The van der Waals surface area contributed by atoms with Gasteiger partial charge in [-0.05, 0) is 24.5 Å². The molecule has 0 radical (unpaired) electrons. The summed E-state index contributed by atoms with van der Waals surface area (Å²) in [6.07, 6.45) is 1.72. The molecule has 0 saturated carbocycles. The number of nitrogens with one attached hydrogen (secondary N) is 1. The third-order valence-corrected chi connectivity index (χ3v) is 3.49. The van der Waals surface area contributed by atoms with Crippen molar-refractivity contribution < 1.29 is 25.8 Å². The van der Waals surface area contributed by atoms with Crippen LogP contribution < -0.4 is 9.50 Å². The van der Waals surface area contributed by atoms with E-state index in [0.717, 1.165) is 18.4 Å². The molecule has 1 N–H and O–H groups in total. The lowest BCUT2D eigenvalue weighted by Gasteiger charge is -2.18. The topological polar surface area (TPSA) is 55.4 Å². The first-order valence-corrected chi connectivity index (χ1v) is 6.58. The van der Waals surface area contributed by atoms with Gasteiger partial charge < -0.3 is 9.50 Å². The highest BCUT2D eigenvalue weighted by atomic mass is 32.2. The summed E-state index contributed by atoms with van der Waals surface area (Å²) >= 11 is 0. The maximum Gasteiger partial charge on any atom is 0.534 e. The quantitative estimate of drug-likeness (QED) is 0.667. The molecule has 0 atom stereocenters. The van der Waals surface area contributed by atoms with Gasteiger partial charge in [-0.3, -0.25) is 0 Å². The van der Waals surface area contributed by atoms with Crippen LogP contribution in [0.1, 0.15) is 12.0 Å². The lowest BCUT2D eigenvalue weighted by atomic mass is 10.0. The standard InChI is InChI=1S/C10H10F3NO3S/c11-10(12,13)18(15,16)17-8-4-3-7-2-1-5-14-9(7)6-8/h3-4,6,14H,1-2,5H2. The van der Waals surface area contributed by atoms with Crippen molar-refractivity contribution in [1.29, 1.82) is 0 Å². The zero-order valence-electron chi connectivity index (χ0n) is 9.12. The average Bonchev–Trinajstić information content (AvgIpc) is 2.27. The second-order valence-corrected chi connectivity index (χ2v) is 5.37. The Morgan fingerprint density at radius 3 is 2.67 bits per heavy atom. The molecule has 2 rings (SSSR count). The summed E-state index contributed by atoms with van der Waals surface area (Å²) in [4.78, 5) is 0. The van der Waals surface area contributed by atoms with Crippen molar-refractivity contribution >= 4 is 15.8 Å². The van der Waals surface area contributed by atoms with Crippen LogP contribution in [0.5, 0.6) is 5.75 Å². The number of benzene rings is 1. The summed E-state index contributed by atoms with van der Waals surface area (Å²) in [6, 6.07) is 4.04. The maximum absolute atomic E-state index is 12.1. The zero-order chi connectivity index (χ0) is 13.4. The molecule has 1 aliphatic heterocycles. The molecule has 0 aromatic heterocycles. The van der Waals surface area contributed by atoms with E-state index in [9.17, 15) is 21.6 Å². The van der Waals surface area contributed by atoms with Gasteiger partial charge in [0.25, 0.3) is 0 Å². The summed E-state index contributed by atoms with van der Waals surface area (Å²) in [7, 11) is -5.61. The zero-order valence-corrected chi connectivity index (χ0v) is 9.94. The Bertz CT molecular complexity index is 554. The van der Waals surface area contributed by atoms with Gasteiger partial charge in [0, 0.05) is 18.3 Å². The molecule has 1 aromatic rings. The molecule has 0 saturated heterocycles. The Balaban J connectivity index is 2.26. The van der Waals surface area contributed by atoms with Gasteiger partial charge in [-0.25, -0.2) is 0 Å². The van der Waals surface area contributed by atoms with E-state index in [1.165, 1.54) is 12.1 Å². The number of fused-ring (bicyclic) bond motifs is 1. The predicted octanol–water partition coefficient (Wildman–Crippen LogP) is 2.27. The number of alkyl halides is 3. The highest BCUT2D eigenvalue weighted by Gasteiger charge is 2.48. The number of hydrogen-bond donors (Lipinski definition) is 1. The number of anilines is 1. The Morgan fingerprint density at radius 2 is 2.00 bits per heavy atom. The fourth-order valence-corrected chi connectivity index (χ4v) is 2.12. The van der Waals surface area contributed by atoms with Gasteiger partial charge in [-0.2, -0.15) is 21.6 Å². The highest BCUT2D eigenvalue weighted by molar-refractivity contribution is 7.88. The SMILES string of the molecule is O=S(=O)(Oc1ccc2c(c1)NCCC2)C(F)(F)F. The molecule has 1 aliphatic rings. The van der Waals surface area contributed by atoms with Gasteiger partial charge in [0.05, 0.1) is 0 Å². The maximum atomic E-state index is 12.1. The van der Waals surface area contributed by atoms with Crippen molar-refractivity contribution in [3.63, 3.8) is 0 Å². The van der Waals surface area contributed by atoms with Crippen LogP contribution in [0.4, 0.5) is 18.9 Å². The van der Waals surface area contributed by atoms with E-state index in [1.54, 1.807) is 6.07 Å². The largest absolute Gasteiger partial charge is 0.534 e. The first kappa shape index (κ1) is 13.0. The lowest BCUT2D eigenvalue weighted by molar-refractivity contribution is -0.0500. The smallest absolute Gasteiger partial charge is 0.385 e. The number of rotatable bonds is 2. The highest BCUT2D eigenvalue weighted by Crippen LogP contribution is 2.31. The molecule has 8 heteroatoms. The number of halogens is 3. The van der Waals surface area contributed by atoms with E-state index < -0.39 is 15.6 Å². The van der Waals surface area contributed by atoms with Crippen LogP contribution in [-0.4, -0.2) is 20.5 Å². The number of aryl methyl sites for hydroxylation is 1. The van der Waals surface area contributed by atoms with Crippen LogP contribution in [0.25, 0.3) is 0 Å². The van der Waals surface area contributed by atoms with Gasteiger partial charge in [-0.15, -0.1) is 0 Å². The van der Waals surface area contributed by atoms with Crippen LogP contribution in [0.15, 0.2) is 18.2 Å². The molecule has 4 nitrogen and oxygen atoms in total. The van der Waals surface area contributed by atoms with Crippen molar-refractivity contribution in [3.05, 3.63) is 23.8 Å². The minimum absolute atomic E-state index is 0.347. The molecule has 1 heterocycles. The third kappa shape index (κ3) is 2.53. The van der Waals surface area contributed by atoms with E-state index in [1.807, 2.05) is 0 Å². The second kappa shape index (κ2) is 4.34. The monoisotopic (exact) mass is 281 g/mol. The van der Waals surface area contributed by atoms with Crippen LogP contribution >= 0.6 is 0 Å². The normalized spacial score (nSPS) is 15.7. The molecule has 100 valence electrons. The fourth-order valence-electron chi connectivity index (χ4n) is 1.67. The summed E-state index contributed by atoms with van der Waals surface area (Å²) in [5.41, 5.74) is -3.88. The molecular weight excluding hydrogens is 271 g/mol. The molecule has 0 spiro atoms. The van der Waals surface area contributed by atoms with Crippen LogP contribution in [0.3, 0.4) is 0 Å². The van der Waals surface area contributed by atoms with E-state index in [0.29, 0.717) is 12.2 Å². The Labute approximate surface area is 102 Å². The van der Waals surface area contributed by atoms with Crippen LogP contribution in [0, 0.1) is 0 Å². The number of hydrogen-bond acceptors (Lipinski definition) is 4. The average molecular weight is 281 g/mol. The molecule has 0 fully saturated rings. The predicted molar refractivity (Wildman–Crippen MR) is 58.9 cm³/mol. The Hall–Kier alpha value is -1.44. The lowest BCUT2D eigenvalue weighted by Crippen LogP contribution is -2.28. The van der Waals surface area contributed by atoms with Gasteiger partial charge in [-0.1, -0.05) is 6.07 Å². The van der Waals surface area contributed by atoms with E-state index in [4.69, 9.17) is 0 Å². The van der Waals surface area contributed by atoms with Gasteiger partial charge in [0.1, 0.15) is 5.75 Å². The minimum atomic E-state index is -5.61. The van der Waals surface area contributed by atoms with Gasteiger partial charge in [0.15, 0.2) is 0 Å². The molecular formula is C10H10F3NO3S. The molecule has 18 heavy (non-hydrogen) atoms. The Kier molecular flexibility index (Phi) is 3.14. The summed E-state index contributed by atoms with van der Waals surface area (Å²) < 4.78 is 62.1. The second-order valence-electron chi connectivity index (χ2n) is 3.83. The van der Waals surface area contributed by atoms with Crippen LogP contribution in [0.2, 0.25) is 0 Å². The van der Waals surface area contributed by atoms with Crippen molar-refractivity contribution in [2.45, 2.75) is 18.3 Å². The summed E-state index contributed by atoms with van der Waals surface area (Å²) in [6.45, 7) is 0.697. The minimum Gasteiger partial charge on any atom is -0.385 e. The fraction of sp³-hybridized carbons (Fsp3) is 0.400. The first-order valence-electron chi connectivity index (χ1n) is 5.17. The first-order chi connectivity index (χ1) is 8.29. The van der Waals surface area contributed by atoms with Gasteiger partial charge >= 0.3 is 15.6 Å². The van der Waals surface area contributed by atoms with Crippen molar-refractivity contribution in [3.8, 4) is 5.75 Å². The van der Waals surface area contributed by atoms with Crippen molar-refractivity contribution in [1.82, 2.24) is 0 Å². The van der Waals surface area contributed by atoms with E-state index in [2.05, 4.69) is 9.50 Å². The van der Waals surface area contributed by atoms with Crippen LogP contribution in [-0.2, 0) is 16.5 Å².